The molecule has 0 aliphatic carbocycles. The molecule has 1 aromatic rings. The van der Waals surface area contributed by atoms with Crippen molar-refractivity contribution < 1.29 is 9.53 Å². The molecule has 0 radical (unpaired) electrons. The molecule has 0 aliphatic rings. The zero-order valence-corrected chi connectivity index (χ0v) is 11.0. The Kier molecular flexibility index (Phi) is 6.79. The van der Waals surface area contributed by atoms with E-state index in [1.807, 2.05) is 0 Å². The van der Waals surface area contributed by atoms with E-state index in [0.717, 1.165) is 25.2 Å². The van der Waals surface area contributed by atoms with Gasteiger partial charge in [0.25, 0.3) is 5.91 Å². The average Bonchev–Trinajstić information content (AvgIpc) is 2.41. The van der Waals surface area contributed by atoms with Crippen molar-refractivity contribution in [2.24, 2.45) is 0 Å². The van der Waals surface area contributed by atoms with Gasteiger partial charge in [0.1, 0.15) is 5.82 Å². The number of carbonyl (C=O) groups excluding carboxylic acids is 1. The molecule has 1 rings (SSSR count). The smallest absolute Gasteiger partial charge is 0.251 e. The molecule has 0 aromatic carbocycles. The minimum Gasteiger partial charge on any atom is -0.385 e. The van der Waals surface area contributed by atoms with E-state index in [2.05, 4.69) is 22.5 Å². The van der Waals surface area contributed by atoms with Crippen molar-refractivity contribution >= 4 is 11.7 Å². The van der Waals surface area contributed by atoms with Crippen LogP contribution in [0.4, 0.5) is 5.82 Å². The summed E-state index contributed by atoms with van der Waals surface area (Å²) >= 11 is 0. The summed E-state index contributed by atoms with van der Waals surface area (Å²) in [7, 11) is 1.65. The molecule has 0 atom stereocenters. The number of anilines is 1. The first-order valence-electron chi connectivity index (χ1n) is 6.25. The fourth-order valence-corrected chi connectivity index (χ4v) is 1.44. The highest BCUT2D eigenvalue weighted by Gasteiger charge is 2.05. The van der Waals surface area contributed by atoms with Crippen LogP contribution < -0.4 is 10.6 Å². The molecule has 0 spiro atoms. The van der Waals surface area contributed by atoms with Crippen LogP contribution in [0, 0.1) is 0 Å². The molecule has 1 amide bonds. The molecule has 100 valence electrons. The Hall–Kier alpha value is -1.62. The Morgan fingerprint density at radius 1 is 1.44 bits per heavy atom. The summed E-state index contributed by atoms with van der Waals surface area (Å²) in [5, 5.41) is 6.00. The lowest BCUT2D eigenvalue weighted by molar-refractivity contribution is 0.0948. The van der Waals surface area contributed by atoms with Crippen LogP contribution in [0.2, 0.25) is 0 Å². The van der Waals surface area contributed by atoms with E-state index in [4.69, 9.17) is 4.74 Å². The van der Waals surface area contributed by atoms with Crippen LogP contribution in [0.15, 0.2) is 18.3 Å². The normalized spacial score (nSPS) is 10.1. The maximum absolute atomic E-state index is 11.8. The third-order valence-electron chi connectivity index (χ3n) is 2.39. The molecule has 0 saturated heterocycles. The van der Waals surface area contributed by atoms with Gasteiger partial charge >= 0.3 is 0 Å². The van der Waals surface area contributed by atoms with E-state index >= 15 is 0 Å². The number of carbonyl (C=O) groups is 1. The SMILES string of the molecule is CCCNc1cc(C(=O)NCCCOC)ccn1. The molecule has 0 unspecified atom stereocenters. The van der Waals surface area contributed by atoms with Gasteiger partial charge < -0.3 is 15.4 Å². The van der Waals surface area contributed by atoms with Gasteiger partial charge in [-0.15, -0.1) is 0 Å². The van der Waals surface area contributed by atoms with Crippen molar-refractivity contribution in [2.75, 3.05) is 32.1 Å². The number of methoxy groups -OCH3 is 1. The summed E-state index contributed by atoms with van der Waals surface area (Å²) in [6, 6.07) is 3.48. The molecule has 2 N–H and O–H groups in total. The second-order valence-corrected chi connectivity index (χ2v) is 3.96. The highest BCUT2D eigenvalue weighted by atomic mass is 16.5. The number of hydrogen-bond donors (Lipinski definition) is 2. The minimum atomic E-state index is -0.0759. The lowest BCUT2D eigenvalue weighted by Crippen LogP contribution is -2.25. The first-order chi connectivity index (χ1) is 8.77. The lowest BCUT2D eigenvalue weighted by Gasteiger charge is -2.07. The molecule has 0 fully saturated rings. The second-order valence-electron chi connectivity index (χ2n) is 3.96. The fourth-order valence-electron chi connectivity index (χ4n) is 1.44. The van der Waals surface area contributed by atoms with Crippen LogP contribution in [0.5, 0.6) is 0 Å². The van der Waals surface area contributed by atoms with Gasteiger partial charge in [-0.25, -0.2) is 4.98 Å². The summed E-state index contributed by atoms with van der Waals surface area (Å²) in [5.74, 6) is 0.662. The van der Waals surface area contributed by atoms with Crippen molar-refractivity contribution in [3.05, 3.63) is 23.9 Å². The van der Waals surface area contributed by atoms with Crippen molar-refractivity contribution in [2.45, 2.75) is 19.8 Å². The number of rotatable bonds is 8. The number of amides is 1. The zero-order valence-electron chi connectivity index (χ0n) is 11.0. The first kappa shape index (κ1) is 14.4. The van der Waals surface area contributed by atoms with Gasteiger partial charge in [-0.2, -0.15) is 0 Å². The summed E-state index contributed by atoms with van der Waals surface area (Å²) < 4.78 is 4.92. The quantitative estimate of drug-likeness (QED) is 0.690. The van der Waals surface area contributed by atoms with E-state index in [0.29, 0.717) is 18.7 Å². The molecule has 0 bridgehead atoms. The molecule has 0 aliphatic heterocycles. The van der Waals surface area contributed by atoms with Gasteiger partial charge in [-0.05, 0) is 25.0 Å². The fraction of sp³-hybridized carbons (Fsp3) is 0.538. The van der Waals surface area contributed by atoms with Crippen LogP contribution >= 0.6 is 0 Å². The minimum absolute atomic E-state index is 0.0759. The van der Waals surface area contributed by atoms with Crippen molar-refractivity contribution in [1.82, 2.24) is 10.3 Å². The third-order valence-corrected chi connectivity index (χ3v) is 2.39. The summed E-state index contributed by atoms with van der Waals surface area (Å²) in [6.45, 7) is 4.21. The Morgan fingerprint density at radius 3 is 3.00 bits per heavy atom. The molecule has 1 aromatic heterocycles. The first-order valence-corrected chi connectivity index (χ1v) is 6.25. The average molecular weight is 251 g/mol. The van der Waals surface area contributed by atoms with E-state index in [-0.39, 0.29) is 5.91 Å². The highest BCUT2D eigenvalue weighted by molar-refractivity contribution is 5.94. The summed E-state index contributed by atoms with van der Waals surface area (Å²) in [4.78, 5) is 16.0. The number of aromatic nitrogens is 1. The van der Waals surface area contributed by atoms with E-state index in [1.165, 1.54) is 0 Å². The Balaban J connectivity index is 2.46. The summed E-state index contributed by atoms with van der Waals surface area (Å²) in [5.41, 5.74) is 0.626. The topological polar surface area (TPSA) is 63.2 Å². The predicted octanol–water partition coefficient (Wildman–Crippen LogP) is 1.67. The number of pyridine rings is 1. The molecule has 1 heterocycles. The van der Waals surface area contributed by atoms with Gasteiger partial charge in [0.05, 0.1) is 0 Å². The molecule has 18 heavy (non-hydrogen) atoms. The molecule has 5 heteroatoms. The van der Waals surface area contributed by atoms with Gasteiger partial charge in [-0.3, -0.25) is 4.79 Å². The maximum Gasteiger partial charge on any atom is 0.251 e. The van der Waals surface area contributed by atoms with Crippen molar-refractivity contribution in [3.63, 3.8) is 0 Å². The van der Waals surface area contributed by atoms with Crippen molar-refractivity contribution in [1.29, 1.82) is 0 Å². The Bertz CT molecular complexity index is 369. The number of nitrogens with one attached hydrogen (secondary N) is 2. The van der Waals surface area contributed by atoms with Crippen LogP contribution in [0.25, 0.3) is 0 Å². The molecular weight excluding hydrogens is 230 g/mol. The summed E-state index contributed by atoms with van der Waals surface area (Å²) in [6.07, 6.45) is 3.48. The van der Waals surface area contributed by atoms with Crippen LogP contribution in [0.3, 0.4) is 0 Å². The zero-order chi connectivity index (χ0) is 13.2. The van der Waals surface area contributed by atoms with Gasteiger partial charge in [0.15, 0.2) is 0 Å². The van der Waals surface area contributed by atoms with E-state index in [9.17, 15) is 4.79 Å². The number of ether oxygens (including phenoxy) is 1. The molecular formula is C13H21N3O2. The second kappa shape index (κ2) is 8.47. The van der Waals surface area contributed by atoms with Gasteiger partial charge in [-0.1, -0.05) is 6.92 Å². The Morgan fingerprint density at radius 2 is 2.28 bits per heavy atom. The van der Waals surface area contributed by atoms with Crippen molar-refractivity contribution in [3.8, 4) is 0 Å². The lowest BCUT2D eigenvalue weighted by atomic mass is 10.2. The van der Waals surface area contributed by atoms with Gasteiger partial charge in [0.2, 0.25) is 0 Å². The van der Waals surface area contributed by atoms with Gasteiger partial charge in [0, 0.05) is 38.6 Å². The highest BCUT2D eigenvalue weighted by Crippen LogP contribution is 2.06. The monoisotopic (exact) mass is 251 g/mol. The predicted molar refractivity (Wildman–Crippen MR) is 71.8 cm³/mol. The van der Waals surface area contributed by atoms with Crippen LogP contribution in [-0.2, 0) is 4.74 Å². The number of nitrogens with zero attached hydrogens (tertiary/aromatic N) is 1. The molecule has 5 nitrogen and oxygen atoms in total. The third kappa shape index (κ3) is 5.14. The van der Waals surface area contributed by atoms with Crippen LogP contribution in [0.1, 0.15) is 30.1 Å². The molecule has 0 saturated carbocycles. The van der Waals surface area contributed by atoms with E-state index in [1.54, 1.807) is 25.4 Å². The largest absolute Gasteiger partial charge is 0.385 e. The standard InChI is InChI=1S/C13H21N3O2/c1-3-6-14-12-10-11(5-8-15-12)13(17)16-7-4-9-18-2/h5,8,10H,3-4,6-7,9H2,1-2H3,(H,14,15)(H,16,17). The maximum atomic E-state index is 11.8. The number of hydrogen-bond acceptors (Lipinski definition) is 4. The van der Waals surface area contributed by atoms with E-state index < -0.39 is 0 Å². The van der Waals surface area contributed by atoms with Crippen LogP contribution in [-0.4, -0.2) is 37.7 Å². The Labute approximate surface area is 108 Å².